The van der Waals surface area contributed by atoms with Gasteiger partial charge in [-0.3, -0.25) is 4.79 Å². The molecule has 1 amide bonds. The average Bonchev–Trinajstić information content (AvgIpc) is 2.56. The number of rotatable bonds is 1. The van der Waals surface area contributed by atoms with Crippen molar-refractivity contribution in [2.45, 2.75) is 18.9 Å². The normalized spacial score (nSPS) is 19.0. The van der Waals surface area contributed by atoms with Gasteiger partial charge in [-0.2, -0.15) is 6.41 Å². The van der Waals surface area contributed by atoms with Gasteiger partial charge in [0.15, 0.2) is 0 Å². The van der Waals surface area contributed by atoms with E-state index in [1.54, 1.807) is 0 Å². The van der Waals surface area contributed by atoms with Gasteiger partial charge in [-0.05, 0) is 19.4 Å². The van der Waals surface area contributed by atoms with Crippen molar-refractivity contribution in [3.63, 3.8) is 0 Å². The molecule has 1 aliphatic rings. The van der Waals surface area contributed by atoms with Gasteiger partial charge in [0.2, 0.25) is 0 Å². The Morgan fingerprint density at radius 2 is 2.23 bits per heavy atom. The number of nitrogens with one attached hydrogen (secondary N) is 1. The molecule has 1 saturated heterocycles. The molecule has 1 radical (unpaired) electrons. The van der Waals surface area contributed by atoms with E-state index in [2.05, 4.69) is 15.8 Å². The van der Waals surface area contributed by atoms with Crippen LogP contribution in [0, 0.1) is 0 Å². The Kier molecular flexibility index (Phi) is 11.1. The van der Waals surface area contributed by atoms with E-state index in [0.29, 0.717) is 0 Å². The molecule has 1 unspecified atom stereocenters. The molecule has 1 rings (SSSR count). The predicted octanol–water partition coefficient (Wildman–Crippen LogP) is -1.08. The number of hydrogen-bond donors (Lipinski definition) is 2. The molecule has 1 atom stereocenters. The fraction of sp³-hybridized carbons (Fsp3) is 0.714. The van der Waals surface area contributed by atoms with Crippen LogP contribution in [0.5, 0.6) is 0 Å². The Hall–Kier alpha value is -0.451. The van der Waals surface area contributed by atoms with E-state index in [-0.39, 0.29) is 32.1 Å². The number of nitrogens with two attached hydrogens (primary N) is 1. The molecule has 13 heavy (non-hydrogen) atoms. The van der Waals surface area contributed by atoms with Crippen LogP contribution in [0.4, 0.5) is 0 Å². The van der Waals surface area contributed by atoms with E-state index in [4.69, 9.17) is 4.79 Å². The molecule has 3 N–H and O–H groups in total. The number of hydrogen-bond acceptors (Lipinski definition) is 4. The fourth-order valence-corrected chi connectivity index (χ4v) is 1.03. The summed E-state index contributed by atoms with van der Waals surface area (Å²) in [5.41, 5.74) is 4.04. The summed E-state index contributed by atoms with van der Waals surface area (Å²) in [5, 5.41) is 3.03. The van der Waals surface area contributed by atoms with Crippen LogP contribution < -0.4 is 11.1 Å². The minimum absolute atomic E-state index is 0. The second-order valence-electron chi connectivity index (χ2n) is 2.29. The molecule has 0 aromatic rings. The van der Waals surface area contributed by atoms with Gasteiger partial charge in [0.1, 0.15) is 6.04 Å². The van der Waals surface area contributed by atoms with Gasteiger partial charge in [0.25, 0.3) is 0 Å². The second kappa shape index (κ2) is 9.64. The van der Waals surface area contributed by atoms with Gasteiger partial charge in [-0.1, -0.05) is 0 Å². The number of esters is 1. The third kappa shape index (κ3) is 6.69. The Morgan fingerprint density at radius 3 is 2.54 bits per heavy atom. The zero-order chi connectivity index (χ0) is 9.40. The van der Waals surface area contributed by atoms with Crippen molar-refractivity contribution in [2.75, 3.05) is 13.7 Å². The molecular weight excluding hydrogens is 352 g/mol. The number of carbonyl (C=O) groups excluding carboxylic acids is 2. The molecule has 5 nitrogen and oxygen atoms in total. The third-order valence-corrected chi connectivity index (χ3v) is 1.55. The number of amides is 1. The smallest absolute Gasteiger partial charge is 0.322 e. The average molecular weight is 365 g/mol. The summed E-state index contributed by atoms with van der Waals surface area (Å²) in [6.45, 7) is 0.944. The standard InChI is InChI=1S/C6H11NO2.CH2NO.Ir/c1-9-6(8)5-3-2-4-7-5;2-1-3;/h5,7H,2-4H2,1H3;(H2,2,3);/q;-1;. The Balaban J connectivity index is 0. The number of primary amides is 1. The first-order valence-electron chi connectivity index (χ1n) is 3.65. The van der Waals surface area contributed by atoms with Gasteiger partial charge in [0.05, 0.1) is 7.11 Å². The number of ether oxygens (including phenoxy) is 1. The Morgan fingerprint density at radius 1 is 1.69 bits per heavy atom. The van der Waals surface area contributed by atoms with Crippen LogP contribution in [0.1, 0.15) is 12.8 Å². The molecule has 0 aliphatic carbocycles. The van der Waals surface area contributed by atoms with Gasteiger partial charge in [-0.15, -0.1) is 0 Å². The van der Waals surface area contributed by atoms with E-state index in [1.807, 2.05) is 0 Å². The van der Waals surface area contributed by atoms with Crippen LogP contribution in [0.15, 0.2) is 0 Å². The van der Waals surface area contributed by atoms with Crippen molar-refractivity contribution >= 4 is 12.4 Å². The molecular formula is C7H13IrN2O3-. The summed E-state index contributed by atoms with van der Waals surface area (Å²) in [6.07, 6.45) is 3.01. The van der Waals surface area contributed by atoms with E-state index in [1.165, 1.54) is 7.11 Å². The number of methoxy groups -OCH3 is 1. The van der Waals surface area contributed by atoms with Crippen LogP contribution in [0.25, 0.3) is 0 Å². The Labute approximate surface area is 90.7 Å². The summed E-state index contributed by atoms with van der Waals surface area (Å²) in [7, 11) is 1.42. The van der Waals surface area contributed by atoms with E-state index < -0.39 is 0 Å². The first kappa shape index (κ1) is 15.0. The summed E-state index contributed by atoms with van der Waals surface area (Å²) in [6, 6.07) is -0.0324. The maximum atomic E-state index is 10.7. The van der Waals surface area contributed by atoms with Gasteiger partial charge in [-0.25, -0.2) is 0 Å². The fourth-order valence-electron chi connectivity index (χ4n) is 1.03. The molecule has 0 saturated carbocycles. The van der Waals surface area contributed by atoms with Gasteiger partial charge < -0.3 is 20.6 Å². The SMILES string of the molecule is COC(=O)C1CCCN1.N[C-]=O.[Ir]. The molecule has 0 aromatic carbocycles. The third-order valence-electron chi connectivity index (χ3n) is 1.55. The molecule has 79 valence electrons. The molecule has 1 fully saturated rings. The summed E-state index contributed by atoms with van der Waals surface area (Å²) in [4.78, 5) is 19.2. The summed E-state index contributed by atoms with van der Waals surface area (Å²) >= 11 is 0. The van der Waals surface area contributed by atoms with Gasteiger partial charge >= 0.3 is 5.97 Å². The van der Waals surface area contributed by atoms with E-state index in [0.717, 1.165) is 25.8 Å². The molecule has 0 spiro atoms. The minimum Gasteiger partial charge on any atom is -0.543 e. The molecule has 1 heterocycles. The van der Waals surface area contributed by atoms with Crippen molar-refractivity contribution in [1.29, 1.82) is 0 Å². The molecule has 1 aliphatic heterocycles. The van der Waals surface area contributed by atoms with E-state index in [9.17, 15) is 4.79 Å². The topological polar surface area (TPSA) is 81.4 Å². The van der Waals surface area contributed by atoms with Crippen LogP contribution in [0.2, 0.25) is 0 Å². The van der Waals surface area contributed by atoms with Crippen LogP contribution in [-0.2, 0) is 34.4 Å². The van der Waals surface area contributed by atoms with Crippen LogP contribution in [0.3, 0.4) is 0 Å². The second-order valence-corrected chi connectivity index (χ2v) is 2.29. The van der Waals surface area contributed by atoms with Crippen molar-refractivity contribution in [3.05, 3.63) is 0 Å². The Bertz CT molecular complexity index is 149. The first-order chi connectivity index (χ1) is 5.76. The van der Waals surface area contributed by atoms with Crippen molar-refractivity contribution in [3.8, 4) is 0 Å². The quantitative estimate of drug-likeness (QED) is 0.352. The largest absolute Gasteiger partial charge is 0.543 e. The van der Waals surface area contributed by atoms with Crippen LogP contribution in [-0.4, -0.2) is 32.1 Å². The van der Waals surface area contributed by atoms with Crippen molar-refractivity contribution in [2.24, 2.45) is 5.73 Å². The molecule has 6 heteroatoms. The first-order valence-corrected chi connectivity index (χ1v) is 3.65. The molecule has 0 aromatic heterocycles. The van der Waals surface area contributed by atoms with Crippen molar-refractivity contribution < 1.29 is 34.4 Å². The maximum absolute atomic E-state index is 10.7. The van der Waals surface area contributed by atoms with Gasteiger partial charge in [0, 0.05) is 20.1 Å². The van der Waals surface area contributed by atoms with Crippen LogP contribution >= 0.6 is 0 Å². The zero-order valence-electron chi connectivity index (χ0n) is 7.33. The maximum Gasteiger partial charge on any atom is 0.322 e. The minimum atomic E-state index is -0.132. The number of carbonyl (C=O) groups is 1. The van der Waals surface area contributed by atoms with Crippen molar-refractivity contribution in [1.82, 2.24) is 5.32 Å². The molecule has 0 bridgehead atoms. The zero-order valence-corrected chi connectivity index (χ0v) is 9.73. The summed E-state index contributed by atoms with van der Waals surface area (Å²) < 4.78 is 4.53. The monoisotopic (exact) mass is 366 g/mol. The van der Waals surface area contributed by atoms with E-state index >= 15 is 0 Å². The predicted molar refractivity (Wildman–Crippen MR) is 42.9 cm³/mol. The summed E-state index contributed by atoms with van der Waals surface area (Å²) in [5.74, 6) is -0.132.